The maximum Gasteiger partial charge on any atom is 0.238 e. The van der Waals surface area contributed by atoms with E-state index >= 15 is 0 Å². The first-order valence-corrected chi connectivity index (χ1v) is 5.98. The van der Waals surface area contributed by atoms with E-state index in [-0.39, 0.29) is 11.9 Å². The second-order valence-corrected chi connectivity index (χ2v) is 4.27. The fraction of sp³-hybridized carbons (Fsp3) is 0.909. The number of piperazine rings is 1. The van der Waals surface area contributed by atoms with Crippen molar-refractivity contribution < 1.29 is 4.79 Å². The topological polar surface area (TPSA) is 53.2 Å². The van der Waals surface area contributed by atoms with Gasteiger partial charge >= 0.3 is 0 Å². The molecule has 0 bridgehead atoms. The Morgan fingerprint density at radius 2 is 2.13 bits per heavy atom. The fourth-order valence-corrected chi connectivity index (χ4v) is 1.68. The molecule has 1 aliphatic heterocycles. The normalized spacial score (nSPS) is 26.3. The number of unbranched alkanes of at least 4 members (excludes halogenated alkanes) is 2. The number of carbonyl (C=O) groups excluding carboxylic acids is 1. The molecular weight excluding hydrogens is 190 g/mol. The zero-order chi connectivity index (χ0) is 11.1. The van der Waals surface area contributed by atoms with E-state index in [1.54, 1.807) is 0 Å². The predicted molar refractivity (Wildman–Crippen MR) is 61.8 cm³/mol. The zero-order valence-corrected chi connectivity index (χ0v) is 9.81. The molecule has 0 saturated carbocycles. The first-order chi connectivity index (χ1) is 7.24. The monoisotopic (exact) mass is 213 g/mol. The molecule has 4 nitrogen and oxygen atoms in total. The van der Waals surface area contributed by atoms with Crippen molar-refractivity contribution in [2.75, 3.05) is 19.6 Å². The van der Waals surface area contributed by atoms with E-state index in [9.17, 15) is 4.79 Å². The maximum absolute atomic E-state index is 11.7. The second-order valence-electron chi connectivity index (χ2n) is 4.27. The minimum Gasteiger partial charge on any atom is -0.355 e. The molecule has 15 heavy (non-hydrogen) atoms. The van der Waals surface area contributed by atoms with Crippen LogP contribution in [-0.4, -0.2) is 37.6 Å². The average Bonchev–Trinajstić information content (AvgIpc) is 2.25. The number of hydrogen-bond donors (Lipinski definition) is 3. The second kappa shape index (κ2) is 6.80. The molecule has 2 unspecified atom stereocenters. The van der Waals surface area contributed by atoms with E-state index in [0.29, 0.717) is 6.04 Å². The highest BCUT2D eigenvalue weighted by Gasteiger charge is 2.22. The zero-order valence-electron chi connectivity index (χ0n) is 9.81. The highest BCUT2D eigenvalue weighted by atomic mass is 16.2. The van der Waals surface area contributed by atoms with Crippen LogP contribution in [0.1, 0.15) is 33.1 Å². The fourth-order valence-electron chi connectivity index (χ4n) is 1.68. The lowest BCUT2D eigenvalue weighted by molar-refractivity contribution is -0.123. The third-order valence-corrected chi connectivity index (χ3v) is 2.74. The molecular formula is C11H23N3O. The molecule has 0 radical (unpaired) electrons. The first kappa shape index (κ1) is 12.5. The Kier molecular flexibility index (Phi) is 5.65. The van der Waals surface area contributed by atoms with Crippen LogP contribution in [0.3, 0.4) is 0 Å². The summed E-state index contributed by atoms with van der Waals surface area (Å²) in [4.78, 5) is 11.7. The molecule has 0 aromatic carbocycles. The van der Waals surface area contributed by atoms with Crippen LogP contribution in [0.2, 0.25) is 0 Å². The summed E-state index contributed by atoms with van der Waals surface area (Å²) in [5.74, 6) is 0.130. The van der Waals surface area contributed by atoms with Crippen LogP contribution in [-0.2, 0) is 4.79 Å². The number of amides is 1. The molecule has 1 heterocycles. The summed E-state index contributed by atoms with van der Waals surface area (Å²) in [5.41, 5.74) is 0. The van der Waals surface area contributed by atoms with Gasteiger partial charge in [-0.25, -0.2) is 0 Å². The van der Waals surface area contributed by atoms with E-state index in [2.05, 4.69) is 29.8 Å². The van der Waals surface area contributed by atoms with Crippen molar-refractivity contribution in [1.82, 2.24) is 16.0 Å². The van der Waals surface area contributed by atoms with E-state index in [4.69, 9.17) is 0 Å². The van der Waals surface area contributed by atoms with Crippen LogP contribution in [0.4, 0.5) is 0 Å². The Hall–Kier alpha value is -0.610. The molecule has 0 aliphatic carbocycles. The van der Waals surface area contributed by atoms with E-state index in [1.165, 1.54) is 12.8 Å². The highest BCUT2D eigenvalue weighted by molar-refractivity contribution is 5.82. The van der Waals surface area contributed by atoms with Gasteiger partial charge in [0.2, 0.25) is 5.91 Å². The van der Waals surface area contributed by atoms with E-state index in [1.807, 2.05) is 0 Å². The van der Waals surface area contributed by atoms with Crippen molar-refractivity contribution in [2.45, 2.75) is 45.2 Å². The maximum atomic E-state index is 11.7. The Labute approximate surface area is 92.2 Å². The van der Waals surface area contributed by atoms with Crippen LogP contribution in [0.5, 0.6) is 0 Å². The largest absolute Gasteiger partial charge is 0.355 e. The molecule has 1 rings (SSSR count). The lowest BCUT2D eigenvalue weighted by atomic mass is 10.1. The number of rotatable bonds is 5. The number of hydrogen-bond acceptors (Lipinski definition) is 3. The molecule has 1 amide bonds. The Balaban J connectivity index is 2.11. The summed E-state index contributed by atoms with van der Waals surface area (Å²) in [6, 6.07) is 0.414. The molecule has 1 saturated heterocycles. The molecule has 1 fully saturated rings. The van der Waals surface area contributed by atoms with Gasteiger partial charge in [0, 0.05) is 25.7 Å². The van der Waals surface area contributed by atoms with Gasteiger partial charge in [-0.3, -0.25) is 4.79 Å². The Morgan fingerprint density at radius 1 is 1.33 bits per heavy atom. The summed E-state index contributed by atoms with van der Waals surface area (Å²) >= 11 is 0. The third-order valence-electron chi connectivity index (χ3n) is 2.74. The number of carbonyl (C=O) groups is 1. The van der Waals surface area contributed by atoms with Gasteiger partial charge in [-0.15, -0.1) is 0 Å². The van der Waals surface area contributed by atoms with Gasteiger partial charge in [0.05, 0.1) is 6.04 Å². The van der Waals surface area contributed by atoms with Crippen LogP contribution in [0.15, 0.2) is 0 Å². The van der Waals surface area contributed by atoms with Gasteiger partial charge in [-0.1, -0.05) is 19.8 Å². The highest BCUT2D eigenvalue weighted by Crippen LogP contribution is 1.95. The van der Waals surface area contributed by atoms with Gasteiger partial charge in [-0.05, 0) is 13.3 Å². The first-order valence-electron chi connectivity index (χ1n) is 5.98. The van der Waals surface area contributed by atoms with Crippen molar-refractivity contribution in [1.29, 1.82) is 0 Å². The van der Waals surface area contributed by atoms with Crippen molar-refractivity contribution in [2.24, 2.45) is 0 Å². The number of nitrogens with one attached hydrogen (secondary N) is 3. The van der Waals surface area contributed by atoms with E-state index in [0.717, 1.165) is 26.1 Å². The van der Waals surface area contributed by atoms with Crippen LogP contribution in [0.25, 0.3) is 0 Å². The lowest BCUT2D eigenvalue weighted by Crippen LogP contribution is -2.58. The molecule has 2 atom stereocenters. The van der Waals surface area contributed by atoms with Gasteiger partial charge in [0.25, 0.3) is 0 Å². The SMILES string of the molecule is CCCCCNC(=O)C1CNC(C)CN1. The molecule has 4 heteroatoms. The molecule has 0 aromatic rings. The van der Waals surface area contributed by atoms with Crippen LogP contribution in [0, 0.1) is 0 Å². The summed E-state index contributed by atoms with van der Waals surface area (Å²) < 4.78 is 0. The summed E-state index contributed by atoms with van der Waals surface area (Å²) in [6.45, 7) is 6.69. The summed E-state index contributed by atoms with van der Waals surface area (Å²) in [5, 5.41) is 9.49. The molecule has 0 spiro atoms. The van der Waals surface area contributed by atoms with Gasteiger partial charge in [-0.2, -0.15) is 0 Å². The lowest BCUT2D eigenvalue weighted by Gasteiger charge is -2.28. The smallest absolute Gasteiger partial charge is 0.238 e. The minimum absolute atomic E-state index is 0.0529. The molecule has 1 aliphatic rings. The van der Waals surface area contributed by atoms with E-state index < -0.39 is 0 Å². The summed E-state index contributed by atoms with van der Waals surface area (Å²) in [7, 11) is 0. The van der Waals surface area contributed by atoms with Crippen LogP contribution < -0.4 is 16.0 Å². The average molecular weight is 213 g/mol. The van der Waals surface area contributed by atoms with Crippen molar-refractivity contribution >= 4 is 5.91 Å². The minimum atomic E-state index is -0.0529. The Bertz CT molecular complexity index is 188. The van der Waals surface area contributed by atoms with Crippen molar-refractivity contribution in [3.8, 4) is 0 Å². The van der Waals surface area contributed by atoms with Crippen LogP contribution >= 0.6 is 0 Å². The predicted octanol–water partition coefficient (Wildman–Crippen LogP) is 0.243. The third kappa shape index (κ3) is 4.62. The quantitative estimate of drug-likeness (QED) is 0.574. The van der Waals surface area contributed by atoms with Gasteiger partial charge < -0.3 is 16.0 Å². The standard InChI is InChI=1S/C11H23N3O/c1-3-4-5-6-12-11(15)10-8-13-9(2)7-14-10/h9-10,13-14H,3-8H2,1-2H3,(H,12,15). The Morgan fingerprint density at radius 3 is 2.73 bits per heavy atom. The van der Waals surface area contributed by atoms with Gasteiger partial charge in [0.15, 0.2) is 0 Å². The molecule has 3 N–H and O–H groups in total. The summed E-state index contributed by atoms with van der Waals surface area (Å²) in [6.07, 6.45) is 3.46. The molecule has 88 valence electrons. The molecule has 0 aromatic heterocycles. The van der Waals surface area contributed by atoms with Crippen molar-refractivity contribution in [3.63, 3.8) is 0 Å². The van der Waals surface area contributed by atoms with Gasteiger partial charge in [0.1, 0.15) is 0 Å². The van der Waals surface area contributed by atoms with Crippen molar-refractivity contribution in [3.05, 3.63) is 0 Å².